The lowest BCUT2D eigenvalue weighted by molar-refractivity contribution is 0.116. The van der Waals surface area contributed by atoms with Crippen LogP contribution in [-0.2, 0) is 6.42 Å². The van der Waals surface area contributed by atoms with Crippen LogP contribution in [0.4, 0.5) is 5.82 Å². The van der Waals surface area contributed by atoms with Crippen LogP contribution in [0.3, 0.4) is 0 Å². The van der Waals surface area contributed by atoms with Crippen molar-refractivity contribution in [3.8, 4) is 5.75 Å². The van der Waals surface area contributed by atoms with Crippen LogP contribution >= 0.6 is 11.6 Å². The van der Waals surface area contributed by atoms with E-state index in [2.05, 4.69) is 15.5 Å². The summed E-state index contributed by atoms with van der Waals surface area (Å²) in [5.41, 5.74) is 1.00. The van der Waals surface area contributed by atoms with Gasteiger partial charge in [-0.3, -0.25) is 0 Å². The summed E-state index contributed by atoms with van der Waals surface area (Å²) in [6.45, 7) is 0.671. The van der Waals surface area contributed by atoms with E-state index in [9.17, 15) is 5.11 Å². The van der Waals surface area contributed by atoms with E-state index in [-0.39, 0.29) is 12.1 Å². The average molecular weight is 298 g/mol. The molecule has 2 N–H and O–H groups in total. The number of aliphatic hydroxyl groups is 1. The molecule has 0 spiro atoms. The first-order valence-corrected chi connectivity index (χ1v) is 7.76. The lowest BCUT2D eigenvalue weighted by Crippen LogP contribution is -2.37. The lowest BCUT2D eigenvalue weighted by atomic mass is 9.92. The maximum Gasteiger partial charge on any atom is 0.194 e. The van der Waals surface area contributed by atoms with Crippen LogP contribution < -0.4 is 10.1 Å². The molecule has 2 atom stereocenters. The van der Waals surface area contributed by atoms with Crippen molar-refractivity contribution in [2.75, 3.05) is 11.9 Å². The van der Waals surface area contributed by atoms with Crippen LogP contribution in [0, 0.1) is 0 Å². The second-order valence-electron chi connectivity index (χ2n) is 5.56. The molecule has 1 aromatic rings. The number of nitrogens with one attached hydrogen (secondary N) is 1. The highest BCUT2D eigenvalue weighted by atomic mass is 35.5. The third kappa shape index (κ3) is 2.83. The van der Waals surface area contributed by atoms with E-state index in [0.717, 1.165) is 56.3 Å². The predicted molar refractivity (Wildman–Crippen MR) is 77.4 cm³/mol. The fourth-order valence-corrected chi connectivity index (χ4v) is 3.17. The van der Waals surface area contributed by atoms with Crippen LogP contribution in [0.5, 0.6) is 5.75 Å². The van der Waals surface area contributed by atoms with E-state index in [1.807, 2.05) is 0 Å². The molecular formula is C14H20ClN3O2. The molecule has 1 aliphatic carbocycles. The summed E-state index contributed by atoms with van der Waals surface area (Å²) in [7, 11) is 0. The molecule has 0 bridgehead atoms. The molecule has 2 aliphatic rings. The number of aliphatic hydroxyl groups excluding tert-OH is 1. The minimum Gasteiger partial charge on any atom is -0.490 e. The maximum atomic E-state index is 10.1. The van der Waals surface area contributed by atoms with Crippen molar-refractivity contribution in [1.82, 2.24) is 10.2 Å². The smallest absolute Gasteiger partial charge is 0.194 e. The summed E-state index contributed by atoms with van der Waals surface area (Å²) < 4.78 is 5.70. The number of anilines is 1. The van der Waals surface area contributed by atoms with Gasteiger partial charge in [-0.05, 0) is 32.1 Å². The molecule has 1 fully saturated rings. The monoisotopic (exact) mass is 297 g/mol. The Kier molecular flexibility index (Phi) is 4.27. The average Bonchev–Trinajstić information content (AvgIpc) is 2.71. The summed E-state index contributed by atoms with van der Waals surface area (Å²) in [6.07, 6.45) is 6.66. The highest BCUT2D eigenvalue weighted by Crippen LogP contribution is 2.35. The Hall–Kier alpha value is -1.07. The highest BCUT2D eigenvalue weighted by Gasteiger charge is 2.26. The van der Waals surface area contributed by atoms with Crippen molar-refractivity contribution in [2.45, 2.75) is 57.1 Å². The molecule has 0 unspecified atom stereocenters. The van der Waals surface area contributed by atoms with Crippen LogP contribution in [-0.4, -0.2) is 34.1 Å². The number of ether oxygens (including phenoxy) is 1. The first kappa shape index (κ1) is 13.9. The van der Waals surface area contributed by atoms with E-state index < -0.39 is 0 Å². The quantitative estimate of drug-likeness (QED) is 0.878. The Morgan fingerprint density at radius 3 is 2.85 bits per heavy atom. The van der Waals surface area contributed by atoms with Gasteiger partial charge in [0.2, 0.25) is 0 Å². The SMILES string of the molecule is O[C@@H]1CCCC[C@H]1Nc1nnc(Cl)c2c1CCCCO2. The van der Waals surface area contributed by atoms with Gasteiger partial charge >= 0.3 is 0 Å². The van der Waals surface area contributed by atoms with E-state index >= 15 is 0 Å². The number of hydrogen-bond donors (Lipinski definition) is 2. The van der Waals surface area contributed by atoms with Gasteiger partial charge in [-0.15, -0.1) is 10.2 Å². The third-order valence-electron chi connectivity index (χ3n) is 4.10. The molecule has 20 heavy (non-hydrogen) atoms. The van der Waals surface area contributed by atoms with Gasteiger partial charge in [0.1, 0.15) is 0 Å². The van der Waals surface area contributed by atoms with E-state index in [4.69, 9.17) is 16.3 Å². The Labute approximate surface area is 123 Å². The van der Waals surface area contributed by atoms with Crippen LogP contribution in [0.2, 0.25) is 5.15 Å². The van der Waals surface area contributed by atoms with Gasteiger partial charge in [0.25, 0.3) is 0 Å². The second-order valence-corrected chi connectivity index (χ2v) is 5.91. The van der Waals surface area contributed by atoms with E-state index in [1.54, 1.807) is 0 Å². The van der Waals surface area contributed by atoms with Gasteiger partial charge in [-0.25, -0.2) is 0 Å². The molecule has 0 amide bonds. The molecule has 2 heterocycles. The minimum absolute atomic E-state index is 0.0478. The Morgan fingerprint density at radius 1 is 1.15 bits per heavy atom. The Morgan fingerprint density at radius 2 is 2.00 bits per heavy atom. The molecule has 1 aromatic heterocycles. The second kappa shape index (κ2) is 6.14. The fraction of sp³-hybridized carbons (Fsp3) is 0.714. The summed E-state index contributed by atoms with van der Waals surface area (Å²) >= 11 is 6.08. The third-order valence-corrected chi connectivity index (χ3v) is 4.35. The van der Waals surface area contributed by atoms with Crippen LogP contribution in [0.15, 0.2) is 0 Å². The molecule has 110 valence electrons. The number of hydrogen-bond acceptors (Lipinski definition) is 5. The zero-order chi connectivity index (χ0) is 13.9. The normalized spacial score (nSPS) is 26.3. The van der Waals surface area contributed by atoms with Crippen molar-refractivity contribution >= 4 is 17.4 Å². The molecule has 6 heteroatoms. The Balaban J connectivity index is 1.85. The predicted octanol–water partition coefficient (Wildman–Crippen LogP) is 2.56. The topological polar surface area (TPSA) is 67.3 Å². The van der Waals surface area contributed by atoms with Crippen LogP contribution in [0.1, 0.15) is 44.1 Å². The van der Waals surface area contributed by atoms with Crippen molar-refractivity contribution < 1.29 is 9.84 Å². The first-order valence-electron chi connectivity index (χ1n) is 7.38. The molecule has 0 aromatic carbocycles. The summed E-state index contributed by atoms with van der Waals surface area (Å²) in [5.74, 6) is 1.38. The zero-order valence-corrected chi connectivity index (χ0v) is 12.2. The van der Waals surface area contributed by atoms with Gasteiger partial charge in [-0.1, -0.05) is 24.4 Å². The maximum absolute atomic E-state index is 10.1. The van der Waals surface area contributed by atoms with E-state index in [1.165, 1.54) is 0 Å². The molecule has 3 rings (SSSR count). The number of halogens is 1. The molecule has 0 saturated heterocycles. The fourth-order valence-electron chi connectivity index (χ4n) is 2.96. The van der Waals surface area contributed by atoms with Crippen molar-refractivity contribution in [3.05, 3.63) is 10.7 Å². The molecule has 1 saturated carbocycles. The number of nitrogens with zero attached hydrogens (tertiary/aromatic N) is 2. The van der Waals surface area contributed by atoms with Gasteiger partial charge in [0.05, 0.1) is 18.8 Å². The number of aromatic nitrogens is 2. The largest absolute Gasteiger partial charge is 0.490 e. The van der Waals surface area contributed by atoms with Crippen molar-refractivity contribution in [3.63, 3.8) is 0 Å². The van der Waals surface area contributed by atoms with Gasteiger partial charge in [-0.2, -0.15) is 0 Å². The lowest BCUT2D eigenvalue weighted by Gasteiger charge is -2.29. The standard InChI is InChI=1S/C14H20ClN3O2/c15-13-12-9(5-3-4-8-20-12)14(18-17-13)16-10-6-1-2-7-11(10)19/h10-11,19H,1-8H2,(H,16,18)/t10-,11-/m1/s1. The van der Waals surface area contributed by atoms with Crippen molar-refractivity contribution in [2.24, 2.45) is 0 Å². The summed E-state index contributed by atoms with van der Waals surface area (Å²) in [4.78, 5) is 0. The highest BCUT2D eigenvalue weighted by molar-refractivity contribution is 6.30. The molecule has 5 nitrogen and oxygen atoms in total. The number of fused-ring (bicyclic) bond motifs is 1. The minimum atomic E-state index is -0.316. The Bertz CT molecular complexity index is 484. The van der Waals surface area contributed by atoms with Gasteiger partial charge in [0, 0.05) is 5.56 Å². The zero-order valence-electron chi connectivity index (χ0n) is 11.4. The molecule has 0 radical (unpaired) electrons. The summed E-state index contributed by atoms with van der Waals surface area (Å²) in [6, 6.07) is 0.0478. The first-order chi connectivity index (χ1) is 9.75. The van der Waals surface area contributed by atoms with Gasteiger partial charge < -0.3 is 15.2 Å². The summed E-state index contributed by atoms with van der Waals surface area (Å²) in [5, 5.41) is 21.9. The van der Waals surface area contributed by atoms with Crippen LogP contribution in [0.25, 0.3) is 0 Å². The van der Waals surface area contributed by atoms with Crippen molar-refractivity contribution in [1.29, 1.82) is 0 Å². The molecule has 1 aliphatic heterocycles. The van der Waals surface area contributed by atoms with E-state index in [0.29, 0.717) is 17.5 Å². The number of rotatable bonds is 2. The van der Waals surface area contributed by atoms with Gasteiger partial charge in [0.15, 0.2) is 16.7 Å². The molecular weight excluding hydrogens is 278 g/mol.